The van der Waals surface area contributed by atoms with Gasteiger partial charge < -0.3 is 4.42 Å². The van der Waals surface area contributed by atoms with Gasteiger partial charge in [0.15, 0.2) is 0 Å². The molecule has 0 saturated carbocycles. The highest BCUT2D eigenvalue weighted by atomic mass is 79.9. The van der Waals surface area contributed by atoms with Crippen molar-refractivity contribution in [2.45, 2.75) is 24.1 Å². The van der Waals surface area contributed by atoms with E-state index < -0.39 is 0 Å². The first-order valence-electron chi connectivity index (χ1n) is 4.24. The molecule has 6 heteroatoms. The summed E-state index contributed by atoms with van der Waals surface area (Å²) < 4.78 is 6.14. The molecule has 2 heterocycles. The minimum atomic E-state index is 0.599. The van der Waals surface area contributed by atoms with Gasteiger partial charge in [0, 0.05) is 0 Å². The molecule has 78 valence electrons. The van der Waals surface area contributed by atoms with E-state index in [9.17, 15) is 0 Å². The molecular weight excluding hydrogens is 278 g/mol. The van der Waals surface area contributed by atoms with Crippen LogP contribution in [0.15, 0.2) is 31.7 Å². The van der Waals surface area contributed by atoms with E-state index in [1.807, 2.05) is 13.8 Å². The third-order valence-corrected chi connectivity index (χ3v) is 2.98. The van der Waals surface area contributed by atoms with Crippen molar-refractivity contribution in [1.29, 1.82) is 0 Å². The Hall–Kier alpha value is -0.880. The first-order chi connectivity index (χ1) is 7.15. The third kappa shape index (κ3) is 2.57. The Kier molecular flexibility index (Phi) is 3.06. The summed E-state index contributed by atoms with van der Waals surface area (Å²) in [6.07, 6.45) is 3.31. The molecule has 2 aromatic heterocycles. The van der Waals surface area contributed by atoms with Crippen molar-refractivity contribution in [3.63, 3.8) is 0 Å². The molecule has 0 bridgehead atoms. The molecule has 0 fully saturated rings. The second-order valence-electron chi connectivity index (χ2n) is 2.90. The van der Waals surface area contributed by atoms with Gasteiger partial charge in [0.1, 0.15) is 15.4 Å². The van der Waals surface area contributed by atoms with E-state index >= 15 is 0 Å². The lowest BCUT2D eigenvalue weighted by Crippen LogP contribution is -1.82. The van der Waals surface area contributed by atoms with Crippen LogP contribution in [0.3, 0.4) is 0 Å². The second kappa shape index (κ2) is 4.32. The molecule has 0 aliphatic heterocycles. The molecule has 0 unspecified atom stereocenters. The van der Waals surface area contributed by atoms with E-state index in [2.05, 4.69) is 30.9 Å². The average molecular weight is 286 g/mol. The lowest BCUT2D eigenvalue weighted by atomic mass is 10.4. The van der Waals surface area contributed by atoms with Crippen molar-refractivity contribution in [2.24, 2.45) is 0 Å². The summed E-state index contributed by atoms with van der Waals surface area (Å²) in [5.41, 5.74) is 0.905. The Labute approximate surface area is 99.7 Å². The first-order valence-corrected chi connectivity index (χ1v) is 5.85. The van der Waals surface area contributed by atoms with Gasteiger partial charge in [0.2, 0.25) is 0 Å². The molecule has 15 heavy (non-hydrogen) atoms. The Morgan fingerprint density at radius 2 is 2.07 bits per heavy atom. The minimum absolute atomic E-state index is 0.599. The Bertz CT molecular complexity index is 449. The van der Waals surface area contributed by atoms with Crippen LogP contribution in [-0.2, 0) is 0 Å². The number of rotatable bonds is 2. The SMILES string of the molecule is Cc1nc(Sc2cnc(Br)cn2)oc1C. The van der Waals surface area contributed by atoms with Gasteiger partial charge in [-0.25, -0.2) is 15.0 Å². The maximum Gasteiger partial charge on any atom is 0.262 e. The topological polar surface area (TPSA) is 51.8 Å². The standard InChI is InChI=1S/C9H8BrN3OS/c1-5-6(2)14-9(13-5)15-8-4-11-7(10)3-12-8/h3-4H,1-2H3. The maximum absolute atomic E-state index is 5.42. The van der Waals surface area contributed by atoms with Crippen LogP contribution in [0.4, 0.5) is 0 Å². The fraction of sp³-hybridized carbons (Fsp3) is 0.222. The number of hydrogen-bond donors (Lipinski definition) is 0. The van der Waals surface area contributed by atoms with Gasteiger partial charge in [-0.2, -0.15) is 0 Å². The monoisotopic (exact) mass is 285 g/mol. The van der Waals surface area contributed by atoms with Crippen molar-refractivity contribution >= 4 is 27.7 Å². The van der Waals surface area contributed by atoms with Gasteiger partial charge in [-0.15, -0.1) is 0 Å². The maximum atomic E-state index is 5.42. The molecule has 0 spiro atoms. The molecule has 2 rings (SSSR count). The van der Waals surface area contributed by atoms with E-state index in [-0.39, 0.29) is 0 Å². The van der Waals surface area contributed by atoms with E-state index in [0.29, 0.717) is 9.83 Å². The van der Waals surface area contributed by atoms with E-state index in [1.165, 1.54) is 11.8 Å². The number of aryl methyl sites for hydroxylation is 2. The van der Waals surface area contributed by atoms with Crippen LogP contribution in [0.5, 0.6) is 0 Å². The predicted octanol–water partition coefficient (Wildman–Crippen LogP) is 3.00. The molecule has 0 radical (unpaired) electrons. The lowest BCUT2D eigenvalue weighted by molar-refractivity contribution is 0.431. The molecule has 0 atom stereocenters. The zero-order chi connectivity index (χ0) is 10.8. The molecular formula is C9H8BrN3OS. The lowest BCUT2D eigenvalue weighted by Gasteiger charge is -1.94. The summed E-state index contributed by atoms with van der Waals surface area (Å²) in [7, 11) is 0. The Balaban J connectivity index is 2.18. The summed E-state index contributed by atoms with van der Waals surface area (Å²) in [6, 6.07) is 0. The van der Waals surface area contributed by atoms with Crippen molar-refractivity contribution in [3.8, 4) is 0 Å². The van der Waals surface area contributed by atoms with Crippen molar-refractivity contribution in [3.05, 3.63) is 28.5 Å². The van der Waals surface area contributed by atoms with Crippen LogP contribution in [0, 0.1) is 13.8 Å². The van der Waals surface area contributed by atoms with Gasteiger partial charge in [0.25, 0.3) is 5.22 Å². The molecule has 0 aliphatic carbocycles. The van der Waals surface area contributed by atoms with Crippen molar-refractivity contribution < 1.29 is 4.42 Å². The quantitative estimate of drug-likeness (QED) is 0.849. The summed E-state index contributed by atoms with van der Waals surface area (Å²) in [5.74, 6) is 0.836. The number of nitrogens with zero attached hydrogens (tertiary/aromatic N) is 3. The summed E-state index contributed by atoms with van der Waals surface area (Å²) in [5, 5.41) is 1.36. The molecule has 0 aromatic carbocycles. The van der Waals surface area contributed by atoms with Crippen LogP contribution in [-0.4, -0.2) is 15.0 Å². The van der Waals surface area contributed by atoms with Gasteiger partial charge in [-0.05, 0) is 41.5 Å². The van der Waals surface area contributed by atoms with Crippen LogP contribution < -0.4 is 0 Å². The van der Waals surface area contributed by atoms with E-state index in [1.54, 1.807) is 12.4 Å². The predicted molar refractivity (Wildman–Crippen MR) is 59.8 cm³/mol. The van der Waals surface area contributed by atoms with Gasteiger partial charge >= 0.3 is 0 Å². The Morgan fingerprint density at radius 3 is 2.60 bits per heavy atom. The van der Waals surface area contributed by atoms with Crippen LogP contribution in [0.2, 0.25) is 0 Å². The number of aromatic nitrogens is 3. The summed E-state index contributed by atoms with van der Waals surface area (Å²) in [6.45, 7) is 3.80. The first kappa shape index (κ1) is 10.6. The average Bonchev–Trinajstić information content (AvgIpc) is 2.50. The fourth-order valence-electron chi connectivity index (χ4n) is 0.930. The minimum Gasteiger partial charge on any atom is -0.436 e. The molecule has 2 aromatic rings. The molecule has 0 N–H and O–H groups in total. The normalized spacial score (nSPS) is 10.6. The highest BCUT2D eigenvalue weighted by molar-refractivity contribution is 9.10. The van der Waals surface area contributed by atoms with Gasteiger partial charge in [-0.3, -0.25) is 0 Å². The van der Waals surface area contributed by atoms with Crippen molar-refractivity contribution in [1.82, 2.24) is 15.0 Å². The molecule has 0 saturated heterocycles. The highest BCUT2D eigenvalue weighted by Crippen LogP contribution is 2.26. The summed E-state index contributed by atoms with van der Waals surface area (Å²) >= 11 is 4.58. The fourth-order valence-corrected chi connectivity index (χ4v) is 1.87. The number of halogens is 1. The number of oxazole rings is 1. The van der Waals surface area contributed by atoms with Crippen molar-refractivity contribution in [2.75, 3.05) is 0 Å². The van der Waals surface area contributed by atoms with E-state index in [0.717, 1.165) is 16.5 Å². The Morgan fingerprint density at radius 1 is 1.27 bits per heavy atom. The zero-order valence-electron chi connectivity index (χ0n) is 8.19. The third-order valence-electron chi connectivity index (χ3n) is 1.80. The zero-order valence-corrected chi connectivity index (χ0v) is 10.6. The molecule has 0 aliphatic rings. The van der Waals surface area contributed by atoms with Crippen LogP contribution >= 0.6 is 27.7 Å². The smallest absolute Gasteiger partial charge is 0.262 e. The van der Waals surface area contributed by atoms with Crippen LogP contribution in [0.1, 0.15) is 11.5 Å². The van der Waals surface area contributed by atoms with E-state index in [4.69, 9.17) is 4.42 Å². The van der Waals surface area contributed by atoms with Gasteiger partial charge in [0.05, 0.1) is 18.1 Å². The molecule has 4 nitrogen and oxygen atoms in total. The number of hydrogen-bond acceptors (Lipinski definition) is 5. The van der Waals surface area contributed by atoms with Crippen LogP contribution in [0.25, 0.3) is 0 Å². The summed E-state index contributed by atoms with van der Waals surface area (Å²) in [4.78, 5) is 12.5. The highest BCUT2D eigenvalue weighted by Gasteiger charge is 2.08. The van der Waals surface area contributed by atoms with Gasteiger partial charge in [-0.1, -0.05) is 0 Å². The second-order valence-corrected chi connectivity index (χ2v) is 4.68. The molecule has 0 amide bonds. The largest absolute Gasteiger partial charge is 0.436 e.